The van der Waals surface area contributed by atoms with Gasteiger partial charge in [0.25, 0.3) is 0 Å². The summed E-state index contributed by atoms with van der Waals surface area (Å²) in [5, 5.41) is 9.58. The van der Waals surface area contributed by atoms with Crippen LogP contribution in [-0.4, -0.2) is 5.11 Å². The first kappa shape index (κ1) is 11.7. The molecule has 0 aromatic heterocycles. The van der Waals surface area contributed by atoms with E-state index < -0.39 is 17.7 Å². The summed E-state index contributed by atoms with van der Waals surface area (Å²) in [5.74, 6) is 3.51. The molecule has 1 rings (SSSR count). The molecule has 1 N–H and O–H groups in total. The zero-order valence-corrected chi connectivity index (χ0v) is 8.43. The van der Waals surface area contributed by atoms with E-state index in [2.05, 4.69) is 11.8 Å². The van der Waals surface area contributed by atoms with Gasteiger partial charge in [-0.15, -0.1) is 11.8 Å². The fraction of sp³-hybridized carbons (Fsp3) is 0.333. The number of aliphatic hydroxyl groups is 1. The van der Waals surface area contributed by atoms with Crippen LogP contribution in [0.4, 0.5) is 8.78 Å². The molecule has 0 fully saturated rings. The first-order chi connectivity index (χ1) is 7.16. The minimum atomic E-state index is -0.999. The smallest absolute Gasteiger partial charge is 0.164 e. The maximum atomic E-state index is 13.2. The lowest BCUT2D eigenvalue weighted by atomic mass is 10.0. The molecule has 0 bridgehead atoms. The first-order valence-electron chi connectivity index (χ1n) is 4.68. The van der Waals surface area contributed by atoms with E-state index >= 15 is 0 Å². The van der Waals surface area contributed by atoms with E-state index in [1.807, 2.05) is 0 Å². The van der Waals surface area contributed by atoms with Crippen molar-refractivity contribution in [1.82, 2.24) is 0 Å². The average Bonchev–Trinajstić information content (AvgIpc) is 2.22. The molecule has 0 saturated carbocycles. The van der Waals surface area contributed by atoms with Crippen LogP contribution in [0.1, 0.15) is 31.4 Å². The Hall–Kier alpha value is -1.40. The molecule has 3 heteroatoms. The quantitative estimate of drug-likeness (QED) is 0.760. The Kier molecular flexibility index (Phi) is 4.26. The fourth-order valence-corrected chi connectivity index (χ4v) is 1.27. The maximum Gasteiger partial charge on any atom is 0.164 e. The number of aliphatic hydroxyl groups excluding tert-OH is 1. The third-order valence-corrected chi connectivity index (χ3v) is 2.06. The number of hydrogen-bond donors (Lipinski definition) is 1. The Morgan fingerprint density at radius 2 is 2.13 bits per heavy atom. The van der Waals surface area contributed by atoms with Crippen LogP contribution >= 0.6 is 0 Å². The van der Waals surface area contributed by atoms with Crippen molar-refractivity contribution in [2.45, 2.75) is 25.9 Å². The zero-order chi connectivity index (χ0) is 11.3. The molecule has 0 heterocycles. The second-order valence-electron chi connectivity index (χ2n) is 3.12. The molecule has 0 amide bonds. The summed E-state index contributed by atoms with van der Waals surface area (Å²) in [6.45, 7) is 1.69. The molecule has 1 atom stereocenters. The van der Waals surface area contributed by atoms with Gasteiger partial charge in [0, 0.05) is 12.0 Å². The molecule has 15 heavy (non-hydrogen) atoms. The maximum absolute atomic E-state index is 13.2. The lowest BCUT2D eigenvalue weighted by molar-refractivity contribution is 0.163. The van der Waals surface area contributed by atoms with Gasteiger partial charge in [0.05, 0.1) is 6.10 Å². The third kappa shape index (κ3) is 3.03. The molecule has 1 aromatic rings. The molecule has 1 nitrogen and oxygen atoms in total. The van der Waals surface area contributed by atoms with Crippen LogP contribution in [0.15, 0.2) is 18.2 Å². The van der Waals surface area contributed by atoms with Crippen LogP contribution in [-0.2, 0) is 0 Å². The SMILES string of the molecule is CC#CCCC(O)c1cccc(F)c1F. The molecule has 0 aliphatic heterocycles. The summed E-state index contributed by atoms with van der Waals surface area (Å²) in [5.41, 5.74) is -0.00657. The molecule has 80 valence electrons. The minimum Gasteiger partial charge on any atom is -0.388 e. The van der Waals surface area contributed by atoms with Crippen molar-refractivity contribution < 1.29 is 13.9 Å². The summed E-state index contributed by atoms with van der Waals surface area (Å²) < 4.78 is 26.0. The van der Waals surface area contributed by atoms with Gasteiger partial charge in [0.1, 0.15) is 0 Å². The van der Waals surface area contributed by atoms with E-state index in [-0.39, 0.29) is 5.56 Å². The Morgan fingerprint density at radius 3 is 2.80 bits per heavy atom. The van der Waals surface area contributed by atoms with E-state index in [4.69, 9.17) is 0 Å². The van der Waals surface area contributed by atoms with E-state index in [0.29, 0.717) is 12.8 Å². The zero-order valence-electron chi connectivity index (χ0n) is 8.43. The molecular formula is C12H12F2O. The molecule has 0 radical (unpaired) electrons. The van der Waals surface area contributed by atoms with Crippen molar-refractivity contribution in [3.63, 3.8) is 0 Å². The summed E-state index contributed by atoms with van der Waals surface area (Å²) in [4.78, 5) is 0. The van der Waals surface area contributed by atoms with Crippen molar-refractivity contribution in [2.24, 2.45) is 0 Å². The monoisotopic (exact) mass is 210 g/mol. The lowest BCUT2D eigenvalue weighted by Gasteiger charge is -2.10. The van der Waals surface area contributed by atoms with Gasteiger partial charge in [-0.05, 0) is 19.4 Å². The Labute approximate surface area is 87.7 Å². The summed E-state index contributed by atoms with van der Waals surface area (Å²) in [6.07, 6.45) is -0.226. The summed E-state index contributed by atoms with van der Waals surface area (Å²) in [6, 6.07) is 3.78. The molecule has 0 aliphatic rings. The summed E-state index contributed by atoms with van der Waals surface area (Å²) >= 11 is 0. The van der Waals surface area contributed by atoms with E-state index in [1.54, 1.807) is 6.92 Å². The third-order valence-electron chi connectivity index (χ3n) is 2.06. The van der Waals surface area contributed by atoms with Gasteiger partial charge in [-0.2, -0.15) is 0 Å². The molecule has 1 aromatic carbocycles. The van der Waals surface area contributed by atoms with Gasteiger partial charge >= 0.3 is 0 Å². The average molecular weight is 210 g/mol. The van der Waals surface area contributed by atoms with Crippen molar-refractivity contribution in [3.8, 4) is 11.8 Å². The van der Waals surface area contributed by atoms with Gasteiger partial charge in [0.15, 0.2) is 11.6 Å². The normalized spacial score (nSPS) is 11.7. The molecule has 0 aliphatic carbocycles. The van der Waals surface area contributed by atoms with Crippen LogP contribution in [0.3, 0.4) is 0 Å². The highest BCUT2D eigenvalue weighted by atomic mass is 19.2. The standard InChI is InChI=1S/C12H12F2O/c1-2-3-4-8-11(15)9-6-5-7-10(13)12(9)14/h5-7,11,15H,4,8H2,1H3. The second-order valence-corrected chi connectivity index (χ2v) is 3.12. The Bertz CT molecular complexity index is 390. The number of halogens is 2. The van der Waals surface area contributed by atoms with Gasteiger partial charge in [-0.1, -0.05) is 12.1 Å². The second kappa shape index (κ2) is 5.47. The van der Waals surface area contributed by atoms with E-state index in [1.165, 1.54) is 12.1 Å². The molecule has 1 unspecified atom stereocenters. The van der Waals surface area contributed by atoms with E-state index in [9.17, 15) is 13.9 Å². The van der Waals surface area contributed by atoms with Crippen LogP contribution in [0.2, 0.25) is 0 Å². The fourth-order valence-electron chi connectivity index (χ4n) is 1.27. The number of hydrogen-bond acceptors (Lipinski definition) is 1. The van der Waals surface area contributed by atoms with Gasteiger partial charge in [0.2, 0.25) is 0 Å². The van der Waals surface area contributed by atoms with E-state index in [0.717, 1.165) is 6.07 Å². The van der Waals surface area contributed by atoms with Crippen molar-refractivity contribution >= 4 is 0 Å². The van der Waals surface area contributed by atoms with Crippen LogP contribution in [0.25, 0.3) is 0 Å². The Balaban J connectivity index is 2.76. The predicted octanol–water partition coefficient (Wildman–Crippen LogP) is 2.80. The highest BCUT2D eigenvalue weighted by molar-refractivity contribution is 5.21. The topological polar surface area (TPSA) is 20.2 Å². The van der Waals surface area contributed by atoms with Crippen molar-refractivity contribution in [1.29, 1.82) is 0 Å². The van der Waals surface area contributed by atoms with Crippen molar-refractivity contribution in [3.05, 3.63) is 35.4 Å². The Morgan fingerprint density at radius 1 is 1.40 bits per heavy atom. The largest absolute Gasteiger partial charge is 0.388 e. The van der Waals surface area contributed by atoms with Gasteiger partial charge in [-0.25, -0.2) is 8.78 Å². The van der Waals surface area contributed by atoms with Gasteiger partial charge in [-0.3, -0.25) is 0 Å². The molecular weight excluding hydrogens is 198 g/mol. The highest BCUT2D eigenvalue weighted by Gasteiger charge is 2.14. The molecule has 0 spiro atoms. The van der Waals surface area contributed by atoms with Crippen LogP contribution < -0.4 is 0 Å². The van der Waals surface area contributed by atoms with Crippen LogP contribution in [0, 0.1) is 23.5 Å². The van der Waals surface area contributed by atoms with Crippen molar-refractivity contribution in [2.75, 3.05) is 0 Å². The summed E-state index contributed by atoms with van der Waals surface area (Å²) in [7, 11) is 0. The minimum absolute atomic E-state index is 0.00657. The number of benzene rings is 1. The predicted molar refractivity (Wildman–Crippen MR) is 54.0 cm³/mol. The highest BCUT2D eigenvalue weighted by Crippen LogP contribution is 2.22. The van der Waals surface area contributed by atoms with Gasteiger partial charge < -0.3 is 5.11 Å². The first-order valence-corrected chi connectivity index (χ1v) is 4.68. The number of rotatable bonds is 3. The lowest BCUT2D eigenvalue weighted by Crippen LogP contribution is -2.02. The molecule has 0 saturated heterocycles. The van der Waals surface area contributed by atoms with Crippen LogP contribution in [0.5, 0.6) is 0 Å².